The van der Waals surface area contributed by atoms with E-state index >= 15 is 0 Å². The van der Waals surface area contributed by atoms with Crippen molar-refractivity contribution >= 4 is 17.5 Å². The summed E-state index contributed by atoms with van der Waals surface area (Å²) in [5, 5.41) is 4.18. The molecule has 1 aliphatic heterocycles. The first-order valence-corrected chi connectivity index (χ1v) is 8.70. The molecule has 6 heteroatoms. The van der Waals surface area contributed by atoms with Gasteiger partial charge in [-0.15, -0.1) is 0 Å². The molecule has 27 heavy (non-hydrogen) atoms. The van der Waals surface area contributed by atoms with Gasteiger partial charge in [-0.3, -0.25) is 14.5 Å². The van der Waals surface area contributed by atoms with Gasteiger partial charge in [0.05, 0.1) is 13.7 Å². The predicted octanol–water partition coefficient (Wildman–Crippen LogP) is 3.32. The molecule has 0 saturated heterocycles. The fraction of sp³-hybridized carbons (Fsp3) is 0.286. The zero-order valence-electron chi connectivity index (χ0n) is 15.9. The van der Waals surface area contributed by atoms with Crippen LogP contribution < -0.4 is 4.74 Å². The van der Waals surface area contributed by atoms with E-state index in [4.69, 9.17) is 9.57 Å². The number of Topliss-reactive ketones (excluding diaryl/α,β-unsaturated/α-hetero) is 1. The van der Waals surface area contributed by atoms with Crippen molar-refractivity contribution in [3.63, 3.8) is 0 Å². The second-order valence-corrected chi connectivity index (χ2v) is 6.54. The number of hydrogen-bond donors (Lipinski definition) is 0. The van der Waals surface area contributed by atoms with E-state index in [2.05, 4.69) is 5.16 Å². The van der Waals surface area contributed by atoms with Crippen LogP contribution in [0.1, 0.15) is 40.9 Å². The summed E-state index contributed by atoms with van der Waals surface area (Å²) in [5.74, 6) is 0.803. The summed E-state index contributed by atoms with van der Waals surface area (Å²) >= 11 is 0. The third-order valence-electron chi connectivity index (χ3n) is 4.46. The molecule has 0 fully saturated rings. The largest absolute Gasteiger partial charge is 0.496 e. The number of oxime groups is 1. The number of amides is 1. The Kier molecular flexibility index (Phi) is 5.26. The minimum absolute atomic E-state index is 0.0480. The quantitative estimate of drug-likeness (QED) is 0.762. The number of carbonyl (C=O) groups is 2. The molecule has 0 aromatic heterocycles. The van der Waals surface area contributed by atoms with E-state index < -0.39 is 6.10 Å². The second kappa shape index (κ2) is 7.61. The Hall–Kier alpha value is -3.15. The standard InChI is InChI=1S/C21H22N2O4/c1-13-6-5-7-17(10-13)20-22-27-15(3)21(25)23(20)12-18-11-16(14(2)24)8-9-19(18)26-4/h5-11,15H,12H2,1-4H3. The zero-order valence-corrected chi connectivity index (χ0v) is 15.9. The first-order chi connectivity index (χ1) is 12.9. The summed E-state index contributed by atoms with van der Waals surface area (Å²) in [6.45, 7) is 5.37. The predicted molar refractivity (Wildman–Crippen MR) is 102 cm³/mol. The molecule has 0 N–H and O–H groups in total. The number of ketones is 1. The Morgan fingerprint density at radius 2 is 2.04 bits per heavy atom. The van der Waals surface area contributed by atoms with Crippen LogP contribution in [0.15, 0.2) is 47.6 Å². The Labute approximate surface area is 158 Å². The van der Waals surface area contributed by atoms with Gasteiger partial charge in [-0.25, -0.2) is 0 Å². The number of aryl methyl sites for hydroxylation is 1. The summed E-state index contributed by atoms with van der Waals surface area (Å²) in [6, 6.07) is 12.9. The number of hydrogen-bond acceptors (Lipinski definition) is 5. The monoisotopic (exact) mass is 366 g/mol. The van der Waals surface area contributed by atoms with E-state index in [1.165, 1.54) is 6.92 Å². The van der Waals surface area contributed by atoms with E-state index in [0.29, 0.717) is 17.1 Å². The van der Waals surface area contributed by atoms with Gasteiger partial charge in [0.15, 0.2) is 11.6 Å². The minimum atomic E-state index is -0.680. The second-order valence-electron chi connectivity index (χ2n) is 6.54. The first-order valence-electron chi connectivity index (χ1n) is 8.70. The highest BCUT2D eigenvalue weighted by Gasteiger charge is 2.32. The number of nitrogens with zero attached hydrogens (tertiary/aromatic N) is 2. The van der Waals surface area contributed by atoms with Gasteiger partial charge in [-0.1, -0.05) is 28.9 Å². The summed E-state index contributed by atoms with van der Waals surface area (Å²) in [6.07, 6.45) is -0.680. The molecular formula is C21H22N2O4. The molecule has 1 unspecified atom stereocenters. The molecule has 140 valence electrons. The summed E-state index contributed by atoms with van der Waals surface area (Å²) < 4.78 is 5.42. The summed E-state index contributed by atoms with van der Waals surface area (Å²) in [5.41, 5.74) is 3.14. The first kappa shape index (κ1) is 18.6. The molecule has 3 rings (SSSR count). The van der Waals surface area contributed by atoms with Gasteiger partial charge in [-0.2, -0.15) is 0 Å². The minimum Gasteiger partial charge on any atom is -0.496 e. The molecule has 0 radical (unpaired) electrons. The maximum absolute atomic E-state index is 12.8. The number of benzene rings is 2. The maximum Gasteiger partial charge on any atom is 0.272 e. The van der Waals surface area contributed by atoms with Crippen molar-refractivity contribution in [1.82, 2.24) is 4.90 Å². The third-order valence-corrected chi connectivity index (χ3v) is 4.46. The molecule has 0 aliphatic carbocycles. The molecule has 6 nitrogen and oxygen atoms in total. The van der Waals surface area contributed by atoms with Crippen LogP contribution in [0.2, 0.25) is 0 Å². The highest BCUT2D eigenvalue weighted by molar-refractivity contribution is 6.09. The Bertz CT molecular complexity index is 920. The molecule has 1 amide bonds. The van der Waals surface area contributed by atoms with Crippen LogP contribution in [0.25, 0.3) is 0 Å². The molecule has 2 aromatic rings. The van der Waals surface area contributed by atoms with Crippen LogP contribution in [0, 0.1) is 6.92 Å². The lowest BCUT2D eigenvalue weighted by Gasteiger charge is -2.30. The van der Waals surface area contributed by atoms with E-state index in [0.717, 1.165) is 16.7 Å². The van der Waals surface area contributed by atoms with Gasteiger partial charge in [-0.05, 0) is 45.0 Å². The molecule has 1 aliphatic rings. The average Bonchev–Trinajstić information content (AvgIpc) is 2.65. The van der Waals surface area contributed by atoms with E-state index in [1.807, 2.05) is 31.2 Å². The smallest absolute Gasteiger partial charge is 0.272 e. The van der Waals surface area contributed by atoms with Crippen molar-refractivity contribution in [3.8, 4) is 5.75 Å². The number of methoxy groups -OCH3 is 1. The van der Waals surface area contributed by atoms with Crippen molar-refractivity contribution in [2.45, 2.75) is 33.4 Å². The summed E-state index contributed by atoms with van der Waals surface area (Å²) in [4.78, 5) is 31.5. The normalized spacial score (nSPS) is 16.6. The van der Waals surface area contributed by atoms with Crippen LogP contribution in [0.3, 0.4) is 0 Å². The molecule has 0 spiro atoms. The van der Waals surface area contributed by atoms with E-state index in [-0.39, 0.29) is 18.2 Å². The lowest BCUT2D eigenvalue weighted by molar-refractivity contribution is -0.142. The fourth-order valence-corrected chi connectivity index (χ4v) is 2.98. The van der Waals surface area contributed by atoms with Gasteiger partial charge in [0.2, 0.25) is 6.10 Å². The molecule has 1 atom stereocenters. The van der Waals surface area contributed by atoms with Crippen LogP contribution in [0.5, 0.6) is 5.75 Å². The van der Waals surface area contributed by atoms with Gasteiger partial charge >= 0.3 is 0 Å². The van der Waals surface area contributed by atoms with Gasteiger partial charge < -0.3 is 9.57 Å². The van der Waals surface area contributed by atoms with Crippen molar-refractivity contribution in [2.24, 2.45) is 5.16 Å². The Balaban J connectivity index is 2.03. The Morgan fingerprint density at radius 1 is 1.26 bits per heavy atom. The highest BCUT2D eigenvalue weighted by Crippen LogP contribution is 2.25. The van der Waals surface area contributed by atoms with Gasteiger partial charge in [0, 0.05) is 16.7 Å². The van der Waals surface area contributed by atoms with Crippen LogP contribution in [-0.2, 0) is 16.2 Å². The molecule has 0 saturated carbocycles. The molecule has 1 heterocycles. The zero-order chi connectivity index (χ0) is 19.6. The molecule has 2 aromatic carbocycles. The number of rotatable bonds is 5. The van der Waals surface area contributed by atoms with Crippen LogP contribution in [0.4, 0.5) is 0 Å². The number of amidine groups is 1. The van der Waals surface area contributed by atoms with Gasteiger partial charge in [0.1, 0.15) is 5.75 Å². The van der Waals surface area contributed by atoms with Crippen LogP contribution >= 0.6 is 0 Å². The van der Waals surface area contributed by atoms with Crippen molar-refractivity contribution in [2.75, 3.05) is 7.11 Å². The molecular weight excluding hydrogens is 344 g/mol. The van der Waals surface area contributed by atoms with Crippen LogP contribution in [-0.4, -0.2) is 35.6 Å². The number of ether oxygens (including phenoxy) is 1. The summed E-state index contributed by atoms with van der Waals surface area (Å²) in [7, 11) is 1.56. The van der Waals surface area contributed by atoms with Crippen molar-refractivity contribution in [1.29, 1.82) is 0 Å². The lowest BCUT2D eigenvalue weighted by atomic mass is 10.0. The lowest BCUT2D eigenvalue weighted by Crippen LogP contribution is -2.46. The van der Waals surface area contributed by atoms with E-state index in [9.17, 15) is 9.59 Å². The average molecular weight is 366 g/mol. The van der Waals surface area contributed by atoms with Gasteiger partial charge in [0.25, 0.3) is 5.91 Å². The number of carbonyl (C=O) groups excluding carboxylic acids is 2. The topological polar surface area (TPSA) is 68.2 Å². The SMILES string of the molecule is COc1ccc(C(C)=O)cc1CN1C(=O)C(C)ON=C1c1cccc(C)c1. The van der Waals surface area contributed by atoms with E-state index in [1.54, 1.807) is 37.1 Å². The maximum atomic E-state index is 12.8. The van der Waals surface area contributed by atoms with Crippen molar-refractivity contribution < 1.29 is 19.2 Å². The Morgan fingerprint density at radius 3 is 2.70 bits per heavy atom. The fourth-order valence-electron chi connectivity index (χ4n) is 2.98. The van der Waals surface area contributed by atoms with Crippen molar-refractivity contribution in [3.05, 3.63) is 64.7 Å². The third kappa shape index (κ3) is 3.84. The highest BCUT2D eigenvalue weighted by atomic mass is 16.6. The molecule has 0 bridgehead atoms.